The molecule has 6 nitrogen and oxygen atoms in total. The van der Waals surface area contributed by atoms with Gasteiger partial charge in [0, 0.05) is 29.1 Å². The molecule has 0 aliphatic rings. The van der Waals surface area contributed by atoms with Crippen LogP contribution in [0.1, 0.15) is 17.3 Å². The molecule has 1 aromatic carbocycles. The molecule has 0 aliphatic carbocycles. The molecule has 4 rings (SSSR count). The number of H-pyrrole nitrogens is 1. The van der Waals surface area contributed by atoms with Gasteiger partial charge in [0.25, 0.3) is 0 Å². The van der Waals surface area contributed by atoms with E-state index in [9.17, 15) is 0 Å². The Bertz CT molecular complexity index is 1060. The number of methoxy groups -OCH3 is 1. The van der Waals surface area contributed by atoms with Crippen molar-refractivity contribution in [3.63, 3.8) is 0 Å². The molecule has 6 heteroatoms. The highest BCUT2D eigenvalue weighted by atomic mass is 16.5. The molecule has 0 saturated heterocycles. The van der Waals surface area contributed by atoms with Gasteiger partial charge in [-0.3, -0.25) is 4.98 Å². The van der Waals surface area contributed by atoms with Crippen LogP contribution < -0.4 is 4.74 Å². The van der Waals surface area contributed by atoms with Crippen LogP contribution in [-0.2, 0) is 0 Å². The fourth-order valence-electron chi connectivity index (χ4n) is 3.25. The van der Waals surface area contributed by atoms with Gasteiger partial charge in [0.2, 0.25) is 0 Å². The number of aromatic amines is 1. The minimum absolute atomic E-state index is 0.757. The van der Waals surface area contributed by atoms with Crippen LogP contribution in [0.4, 0.5) is 0 Å². The predicted molar refractivity (Wildman–Crippen MR) is 95.6 cm³/mol. The Morgan fingerprint density at radius 2 is 1.96 bits per heavy atom. The Balaban J connectivity index is 2.06. The van der Waals surface area contributed by atoms with Gasteiger partial charge < -0.3 is 14.2 Å². The van der Waals surface area contributed by atoms with Crippen LogP contribution >= 0.6 is 0 Å². The number of hydrogen-bond acceptors (Lipinski definition) is 5. The van der Waals surface area contributed by atoms with Crippen LogP contribution in [0.5, 0.6) is 5.75 Å². The number of ether oxygens (including phenoxy) is 1. The van der Waals surface area contributed by atoms with Crippen molar-refractivity contribution >= 4 is 11.0 Å². The van der Waals surface area contributed by atoms with Gasteiger partial charge in [0.15, 0.2) is 0 Å². The molecule has 25 heavy (non-hydrogen) atoms. The third-order valence-electron chi connectivity index (χ3n) is 4.32. The molecule has 0 unspecified atom stereocenters. The number of imidazole rings is 1. The number of rotatable bonds is 3. The molecule has 0 atom stereocenters. The minimum atomic E-state index is 0.757. The Morgan fingerprint density at radius 1 is 1.12 bits per heavy atom. The Kier molecular flexibility index (Phi) is 3.53. The lowest BCUT2D eigenvalue weighted by atomic mass is 9.97. The fraction of sp³-hybridized carbons (Fsp3) is 0.211. The number of pyridine rings is 1. The average molecular weight is 334 g/mol. The second kappa shape index (κ2) is 5.73. The minimum Gasteiger partial charge on any atom is -0.496 e. The lowest BCUT2D eigenvalue weighted by Gasteiger charge is -2.10. The van der Waals surface area contributed by atoms with Gasteiger partial charge in [-0.15, -0.1) is 0 Å². The molecule has 0 saturated carbocycles. The standard InChI is InChI=1S/C19H18N4O2/c1-10-18(11(2)25-23-10)13-7-14(15-9-20-6-5-17(15)24-4)19-16(8-13)21-12(3)22-19/h5-9H,1-4H3,(H,21,22). The first-order chi connectivity index (χ1) is 12.1. The smallest absolute Gasteiger partial charge is 0.141 e. The number of nitrogens with one attached hydrogen (secondary N) is 1. The fourth-order valence-corrected chi connectivity index (χ4v) is 3.25. The van der Waals surface area contributed by atoms with Crippen molar-refractivity contribution in [2.45, 2.75) is 20.8 Å². The SMILES string of the molecule is COc1ccncc1-c1cc(-c2c(C)noc2C)cc2[nH]c(C)nc12. The van der Waals surface area contributed by atoms with E-state index < -0.39 is 0 Å². The van der Waals surface area contributed by atoms with Crippen LogP contribution in [0.25, 0.3) is 33.3 Å². The number of benzene rings is 1. The summed E-state index contributed by atoms with van der Waals surface area (Å²) < 4.78 is 10.9. The molecule has 3 heterocycles. The average Bonchev–Trinajstić information content (AvgIpc) is 3.15. The number of fused-ring (bicyclic) bond motifs is 1. The van der Waals surface area contributed by atoms with Gasteiger partial charge in [-0.1, -0.05) is 5.16 Å². The van der Waals surface area contributed by atoms with E-state index in [1.165, 1.54) is 0 Å². The van der Waals surface area contributed by atoms with Crippen molar-refractivity contribution in [2.24, 2.45) is 0 Å². The van der Waals surface area contributed by atoms with E-state index >= 15 is 0 Å². The molecule has 126 valence electrons. The molecule has 0 fully saturated rings. The first kappa shape index (κ1) is 15.4. The summed E-state index contributed by atoms with van der Waals surface area (Å²) in [6.45, 7) is 5.81. The van der Waals surface area contributed by atoms with Crippen LogP contribution in [0.3, 0.4) is 0 Å². The van der Waals surface area contributed by atoms with Crippen LogP contribution in [0, 0.1) is 20.8 Å². The summed E-state index contributed by atoms with van der Waals surface area (Å²) in [5, 5.41) is 4.08. The van der Waals surface area contributed by atoms with Crippen LogP contribution in [-0.4, -0.2) is 27.2 Å². The summed E-state index contributed by atoms with van der Waals surface area (Å²) in [4.78, 5) is 12.2. The maximum absolute atomic E-state index is 5.52. The lowest BCUT2D eigenvalue weighted by molar-refractivity contribution is 0.393. The van der Waals surface area contributed by atoms with Crippen LogP contribution in [0.15, 0.2) is 35.1 Å². The molecule has 0 amide bonds. The molecule has 4 aromatic rings. The maximum atomic E-state index is 5.52. The van der Waals surface area contributed by atoms with E-state index in [1.54, 1.807) is 19.5 Å². The molecule has 0 bridgehead atoms. The summed E-state index contributed by atoms with van der Waals surface area (Å²) in [5.41, 5.74) is 6.58. The highest BCUT2D eigenvalue weighted by Gasteiger charge is 2.18. The van der Waals surface area contributed by atoms with Gasteiger partial charge in [-0.2, -0.15) is 0 Å². The highest BCUT2D eigenvalue weighted by molar-refractivity contribution is 5.97. The third-order valence-corrected chi connectivity index (χ3v) is 4.32. The zero-order valence-electron chi connectivity index (χ0n) is 14.5. The van der Waals surface area contributed by atoms with Crippen LogP contribution in [0.2, 0.25) is 0 Å². The zero-order chi connectivity index (χ0) is 17.6. The summed E-state index contributed by atoms with van der Waals surface area (Å²) in [5.74, 6) is 2.40. The topological polar surface area (TPSA) is 76.8 Å². The van der Waals surface area contributed by atoms with Gasteiger partial charge in [-0.05, 0) is 44.5 Å². The number of aromatic nitrogens is 4. The van der Waals surface area contributed by atoms with Gasteiger partial charge in [-0.25, -0.2) is 4.98 Å². The van der Waals surface area contributed by atoms with Crippen molar-refractivity contribution in [1.82, 2.24) is 20.1 Å². The number of nitrogens with zero attached hydrogens (tertiary/aromatic N) is 3. The molecule has 0 spiro atoms. The Labute approximate surface area is 144 Å². The second-order valence-electron chi connectivity index (χ2n) is 6.02. The molecular formula is C19H18N4O2. The zero-order valence-corrected chi connectivity index (χ0v) is 14.5. The predicted octanol–water partition coefficient (Wildman–Crippen LogP) is 4.21. The van der Waals surface area contributed by atoms with Crippen molar-refractivity contribution in [3.05, 3.63) is 47.9 Å². The quantitative estimate of drug-likeness (QED) is 0.607. The van der Waals surface area contributed by atoms with E-state index in [1.807, 2.05) is 26.8 Å². The first-order valence-electron chi connectivity index (χ1n) is 8.00. The van der Waals surface area contributed by atoms with Crippen molar-refractivity contribution in [1.29, 1.82) is 0 Å². The van der Waals surface area contributed by atoms with E-state index in [0.717, 1.165) is 56.3 Å². The van der Waals surface area contributed by atoms with E-state index in [2.05, 4.69) is 32.2 Å². The largest absolute Gasteiger partial charge is 0.496 e. The number of aryl methyl sites for hydroxylation is 3. The molecule has 3 aromatic heterocycles. The molecule has 0 aliphatic heterocycles. The summed E-state index contributed by atoms with van der Waals surface area (Å²) in [6, 6.07) is 6.02. The normalized spacial score (nSPS) is 11.2. The van der Waals surface area contributed by atoms with E-state index in [-0.39, 0.29) is 0 Å². The Hall–Kier alpha value is -3.15. The first-order valence-corrected chi connectivity index (χ1v) is 8.00. The van der Waals surface area contributed by atoms with Crippen molar-refractivity contribution in [2.75, 3.05) is 7.11 Å². The molecule has 1 N–H and O–H groups in total. The van der Waals surface area contributed by atoms with Crippen molar-refractivity contribution in [3.8, 4) is 28.0 Å². The Morgan fingerprint density at radius 3 is 2.68 bits per heavy atom. The maximum Gasteiger partial charge on any atom is 0.141 e. The molecule has 0 radical (unpaired) electrons. The van der Waals surface area contributed by atoms with Gasteiger partial charge >= 0.3 is 0 Å². The molecular weight excluding hydrogens is 316 g/mol. The van der Waals surface area contributed by atoms with Gasteiger partial charge in [0.05, 0.1) is 23.8 Å². The monoisotopic (exact) mass is 334 g/mol. The second-order valence-corrected chi connectivity index (χ2v) is 6.02. The number of hydrogen-bond donors (Lipinski definition) is 1. The third kappa shape index (κ3) is 2.46. The van der Waals surface area contributed by atoms with Gasteiger partial charge in [0.1, 0.15) is 17.3 Å². The summed E-state index contributed by atoms with van der Waals surface area (Å²) >= 11 is 0. The van der Waals surface area contributed by atoms with E-state index in [4.69, 9.17) is 9.26 Å². The van der Waals surface area contributed by atoms with Crippen molar-refractivity contribution < 1.29 is 9.26 Å². The lowest BCUT2D eigenvalue weighted by Crippen LogP contribution is -1.91. The summed E-state index contributed by atoms with van der Waals surface area (Å²) in [7, 11) is 1.66. The highest BCUT2D eigenvalue weighted by Crippen LogP contribution is 2.38. The van der Waals surface area contributed by atoms with E-state index in [0.29, 0.717) is 0 Å². The summed E-state index contributed by atoms with van der Waals surface area (Å²) in [6.07, 6.45) is 3.52.